The fourth-order valence-corrected chi connectivity index (χ4v) is 2.52. The lowest BCUT2D eigenvalue weighted by Crippen LogP contribution is -2.48. The van der Waals surface area contributed by atoms with Crippen molar-refractivity contribution in [3.63, 3.8) is 0 Å². The normalized spacial score (nSPS) is 15.9. The van der Waals surface area contributed by atoms with E-state index in [1.54, 1.807) is 11.8 Å². The van der Waals surface area contributed by atoms with E-state index >= 15 is 0 Å². The number of carbonyl (C=O) groups is 1. The number of ether oxygens (including phenoxy) is 1. The van der Waals surface area contributed by atoms with Gasteiger partial charge in [-0.15, -0.1) is 0 Å². The number of aromatic nitrogens is 2. The number of hydrogen-bond donors (Lipinski definition) is 2. The van der Waals surface area contributed by atoms with E-state index in [2.05, 4.69) is 15.4 Å². The number of nitrogens with two attached hydrogens (primary N) is 1. The number of piperidine rings is 1. The van der Waals surface area contributed by atoms with E-state index in [-0.39, 0.29) is 17.8 Å². The van der Waals surface area contributed by atoms with Gasteiger partial charge in [-0.3, -0.25) is 19.8 Å². The van der Waals surface area contributed by atoms with Crippen molar-refractivity contribution in [1.29, 1.82) is 0 Å². The molecule has 1 amide bonds. The predicted molar refractivity (Wildman–Crippen MR) is 90.1 cm³/mol. The van der Waals surface area contributed by atoms with Crippen LogP contribution in [0.15, 0.2) is 17.4 Å². The molecular weight excluding hydrogens is 330 g/mol. The van der Waals surface area contributed by atoms with E-state index in [9.17, 15) is 14.9 Å². The standard InChI is InChI=1S/C14H23N7O4/c1-2-25-14(22)19-6-3-11(4-7-19)18-13(15)16-5-8-20-10-12(9-17-20)21(23)24/h9-11H,2-8H2,1H3,(H3,15,16,18). The molecule has 0 saturated carbocycles. The number of guanidine groups is 1. The maximum atomic E-state index is 11.6. The molecule has 3 N–H and O–H groups in total. The van der Waals surface area contributed by atoms with Crippen molar-refractivity contribution >= 4 is 17.7 Å². The first-order chi connectivity index (χ1) is 12.0. The second-order valence-corrected chi connectivity index (χ2v) is 5.59. The van der Waals surface area contributed by atoms with E-state index < -0.39 is 4.92 Å². The quantitative estimate of drug-likeness (QED) is 0.324. The minimum atomic E-state index is -0.495. The predicted octanol–water partition coefficient (Wildman–Crippen LogP) is 0.317. The van der Waals surface area contributed by atoms with Gasteiger partial charge >= 0.3 is 11.8 Å². The molecule has 0 radical (unpaired) electrons. The second kappa shape index (κ2) is 8.85. The number of likely N-dealkylation sites (tertiary alicyclic amines) is 1. The molecule has 11 nitrogen and oxygen atoms in total. The Balaban J connectivity index is 1.71. The topological polar surface area (TPSA) is 141 Å². The van der Waals surface area contributed by atoms with Gasteiger partial charge < -0.3 is 20.7 Å². The number of nitrogens with one attached hydrogen (secondary N) is 1. The zero-order valence-electron chi connectivity index (χ0n) is 14.1. The van der Waals surface area contributed by atoms with Crippen molar-refractivity contribution in [1.82, 2.24) is 20.0 Å². The van der Waals surface area contributed by atoms with Crippen LogP contribution in [0, 0.1) is 10.1 Å². The van der Waals surface area contributed by atoms with Gasteiger partial charge in [0.05, 0.1) is 24.6 Å². The molecule has 1 aromatic rings. The largest absolute Gasteiger partial charge is 0.450 e. The Bertz CT molecular complexity index is 622. The van der Waals surface area contributed by atoms with Gasteiger partial charge in [-0.2, -0.15) is 5.10 Å². The molecule has 0 aliphatic carbocycles. The third-order valence-electron chi connectivity index (χ3n) is 3.81. The van der Waals surface area contributed by atoms with Crippen LogP contribution in [0.25, 0.3) is 0 Å². The van der Waals surface area contributed by atoms with Gasteiger partial charge in [-0.05, 0) is 19.8 Å². The van der Waals surface area contributed by atoms with Crippen LogP contribution in [0.4, 0.5) is 10.5 Å². The van der Waals surface area contributed by atoms with Crippen molar-refractivity contribution in [3.05, 3.63) is 22.5 Å². The van der Waals surface area contributed by atoms with Crippen LogP contribution in [0.3, 0.4) is 0 Å². The number of nitro groups is 1. The fourth-order valence-electron chi connectivity index (χ4n) is 2.52. The SMILES string of the molecule is CCOC(=O)N1CCC(NC(N)=NCCn2cc([N+](=O)[O-])cn2)CC1. The molecule has 0 bridgehead atoms. The molecule has 11 heteroatoms. The van der Waals surface area contributed by atoms with Crippen LogP contribution >= 0.6 is 0 Å². The number of aliphatic imine (C=N–C) groups is 1. The lowest BCUT2D eigenvalue weighted by Gasteiger charge is -2.31. The Labute approximate surface area is 145 Å². The monoisotopic (exact) mass is 353 g/mol. The van der Waals surface area contributed by atoms with Crippen molar-refractivity contribution < 1.29 is 14.5 Å². The maximum absolute atomic E-state index is 11.6. The first-order valence-electron chi connectivity index (χ1n) is 8.14. The summed E-state index contributed by atoms with van der Waals surface area (Å²) in [5, 5.41) is 17.6. The van der Waals surface area contributed by atoms with Crippen molar-refractivity contribution in [2.24, 2.45) is 10.7 Å². The Hall–Kier alpha value is -2.85. The summed E-state index contributed by atoms with van der Waals surface area (Å²) in [5.41, 5.74) is 5.81. The molecule has 0 atom stereocenters. The summed E-state index contributed by atoms with van der Waals surface area (Å²) in [6.07, 6.45) is 3.80. The van der Waals surface area contributed by atoms with Gasteiger partial charge in [-0.1, -0.05) is 0 Å². The highest BCUT2D eigenvalue weighted by Gasteiger charge is 2.23. The van der Waals surface area contributed by atoms with Gasteiger partial charge in [0, 0.05) is 19.1 Å². The number of rotatable bonds is 6. The van der Waals surface area contributed by atoms with Crippen LogP contribution in [-0.2, 0) is 11.3 Å². The maximum Gasteiger partial charge on any atom is 0.409 e. The Morgan fingerprint density at radius 3 is 2.88 bits per heavy atom. The third-order valence-corrected chi connectivity index (χ3v) is 3.81. The molecule has 25 heavy (non-hydrogen) atoms. The average molecular weight is 353 g/mol. The summed E-state index contributed by atoms with van der Waals surface area (Å²) in [7, 11) is 0. The second-order valence-electron chi connectivity index (χ2n) is 5.59. The molecule has 0 spiro atoms. The van der Waals surface area contributed by atoms with Crippen LogP contribution in [0.2, 0.25) is 0 Å². The fraction of sp³-hybridized carbons (Fsp3) is 0.643. The van der Waals surface area contributed by atoms with Gasteiger partial charge in [-0.25, -0.2) is 4.79 Å². The summed E-state index contributed by atoms with van der Waals surface area (Å²) in [5.74, 6) is 0.316. The van der Waals surface area contributed by atoms with Crippen LogP contribution < -0.4 is 11.1 Å². The smallest absolute Gasteiger partial charge is 0.409 e. The van der Waals surface area contributed by atoms with Crippen LogP contribution in [0.1, 0.15) is 19.8 Å². The molecule has 0 unspecified atom stereocenters. The molecule has 138 valence electrons. The van der Waals surface area contributed by atoms with E-state index in [0.29, 0.717) is 38.7 Å². The van der Waals surface area contributed by atoms with Crippen molar-refractivity contribution in [2.45, 2.75) is 32.4 Å². The summed E-state index contributed by atoms with van der Waals surface area (Å²) >= 11 is 0. The molecular formula is C14H23N7O4. The molecule has 1 saturated heterocycles. The molecule has 1 aromatic heterocycles. The van der Waals surface area contributed by atoms with E-state index in [1.807, 2.05) is 0 Å². The summed E-state index contributed by atoms with van der Waals surface area (Å²) in [6, 6.07) is 0.153. The van der Waals surface area contributed by atoms with Gasteiger partial charge in [0.2, 0.25) is 0 Å². The van der Waals surface area contributed by atoms with E-state index in [1.165, 1.54) is 17.1 Å². The van der Waals surface area contributed by atoms with Gasteiger partial charge in [0.1, 0.15) is 12.4 Å². The lowest BCUT2D eigenvalue weighted by atomic mass is 10.1. The summed E-state index contributed by atoms with van der Waals surface area (Å²) < 4.78 is 6.43. The Kier molecular flexibility index (Phi) is 6.54. The summed E-state index contributed by atoms with van der Waals surface area (Å²) in [6.45, 7) is 4.14. The van der Waals surface area contributed by atoms with Crippen LogP contribution in [-0.4, -0.2) is 63.9 Å². The van der Waals surface area contributed by atoms with E-state index in [4.69, 9.17) is 10.5 Å². The molecule has 0 aromatic carbocycles. The first-order valence-corrected chi connectivity index (χ1v) is 8.14. The Morgan fingerprint density at radius 1 is 1.56 bits per heavy atom. The number of nitrogens with zero attached hydrogens (tertiary/aromatic N) is 5. The summed E-state index contributed by atoms with van der Waals surface area (Å²) in [4.78, 5) is 27.6. The first kappa shape index (κ1) is 18.5. The number of hydrogen-bond acceptors (Lipinski definition) is 6. The zero-order valence-corrected chi connectivity index (χ0v) is 14.1. The minimum Gasteiger partial charge on any atom is -0.450 e. The number of carbonyl (C=O) groups excluding carboxylic acids is 1. The van der Waals surface area contributed by atoms with E-state index in [0.717, 1.165) is 12.8 Å². The lowest BCUT2D eigenvalue weighted by molar-refractivity contribution is -0.385. The van der Waals surface area contributed by atoms with Crippen molar-refractivity contribution in [2.75, 3.05) is 26.2 Å². The van der Waals surface area contributed by atoms with Gasteiger partial charge in [0.25, 0.3) is 0 Å². The van der Waals surface area contributed by atoms with Crippen LogP contribution in [0.5, 0.6) is 0 Å². The Morgan fingerprint density at radius 2 is 2.28 bits per heavy atom. The highest BCUT2D eigenvalue weighted by Crippen LogP contribution is 2.11. The molecule has 2 rings (SSSR count). The molecule has 2 heterocycles. The number of amides is 1. The third kappa shape index (κ3) is 5.62. The highest BCUT2D eigenvalue weighted by molar-refractivity contribution is 5.78. The highest BCUT2D eigenvalue weighted by atomic mass is 16.6. The molecule has 1 aliphatic heterocycles. The van der Waals surface area contributed by atoms with Crippen molar-refractivity contribution in [3.8, 4) is 0 Å². The average Bonchev–Trinajstić information content (AvgIpc) is 3.05. The molecule has 1 aliphatic rings. The zero-order chi connectivity index (χ0) is 18.2. The van der Waals surface area contributed by atoms with Gasteiger partial charge in [0.15, 0.2) is 5.96 Å². The minimum absolute atomic E-state index is 0.0524. The molecule has 1 fully saturated rings.